The van der Waals surface area contributed by atoms with Gasteiger partial charge in [0.15, 0.2) is 5.96 Å². The third-order valence-electron chi connectivity index (χ3n) is 3.15. The average molecular weight is 418 g/mol. The number of nitrogens with zero attached hydrogens (tertiary/aromatic N) is 4. The van der Waals surface area contributed by atoms with E-state index < -0.39 is 6.10 Å². The normalized spacial score (nSPS) is 12.6. The summed E-state index contributed by atoms with van der Waals surface area (Å²) in [6, 6.07) is 2.05. The molecule has 8 heteroatoms. The first-order chi connectivity index (χ1) is 10.1. The van der Waals surface area contributed by atoms with Gasteiger partial charge in [-0.3, -0.25) is 9.67 Å². The third-order valence-corrected chi connectivity index (χ3v) is 3.15. The molecule has 0 aromatic carbocycles. The van der Waals surface area contributed by atoms with Crippen LogP contribution in [-0.2, 0) is 20.6 Å². The minimum atomic E-state index is -0.617. The lowest BCUT2D eigenvalue weighted by atomic mass is 10.2. The lowest BCUT2D eigenvalue weighted by molar-refractivity contribution is 0.180. The minimum absolute atomic E-state index is 0. The summed E-state index contributed by atoms with van der Waals surface area (Å²) in [5.74, 6) is 0.654. The molecule has 0 aliphatic carbocycles. The zero-order valence-electron chi connectivity index (χ0n) is 13.0. The molecule has 0 saturated carbocycles. The van der Waals surface area contributed by atoms with Crippen molar-refractivity contribution in [3.63, 3.8) is 0 Å². The number of aromatic nitrogens is 3. The van der Waals surface area contributed by atoms with E-state index in [1.165, 1.54) is 5.56 Å². The first-order valence-corrected chi connectivity index (χ1v) is 6.80. The molecule has 0 fully saturated rings. The van der Waals surface area contributed by atoms with Gasteiger partial charge in [0.2, 0.25) is 0 Å². The summed E-state index contributed by atoms with van der Waals surface area (Å²) in [4.78, 5) is 4.14. The summed E-state index contributed by atoms with van der Waals surface area (Å²) >= 11 is 0. The first kappa shape index (κ1) is 18.5. The Labute approximate surface area is 147 Å². The summed E-state index contributed by atoms with van der Waals surface area (Å²) in [5, 5.41) is 20.4. The number of aliphatic hydroxyl groups excluding tert-OH is 1. The Morgan fingerprint density at radius 1 is 1.36 bits per heavy atom. The van der Waals surface area contributed by atoms with Crippen molar-refractivity contribution >= 4 is 29.9 Å². The first-order valence-electron chi connectivity index (χ1n) is 6.80. The molecule has 2 heterocycles. The van der Waals surface area contributed by atoms with Crippen LogP contribution in [-0.4, -0.2) is 39.0 Å². The Morgan fingerprint density at radius 2 is 2.14 bits per heavy atom. The quantitative estimate of drug-likeness (QED) is 0.381. The van der Waals surface area contributed by atoms with Crippen LogP contribution in [0.1, 0.15) is 17.2 Å². The van der Waals surface area contributed by atoms with Gasteiger partial charge in [0.25, 0.3) is 0 Å². The van der Waals surface area contributed by atoms with Crippen LogP contribution in [0.25, 0.3) is 0 Å². The molecule has 0 radical (unpaired) electrons. The van der Waals surface area contributed by atoms with Crippen molar-refractivity contribution in [2.24, 2.45) is 19.1 Å². The topological polar surface area (TPSA) is 79.4 Å². The van der Waals surface area contributed by atoms with Crippen molar-refractivity contribution in [3.05, 3.63) is 42.0 Å². The van der Waals surface area contributed by atoms with Crippen molar-refractivity contribution in [2.45, 2.75) is 12.6 Å². The van der Waals surface area contributed by atoms with Crippen LogP contribution in [0.5, 0.6) is 0 Å². The van der Waals surface area contributed by atoms with Crippen LogP contribution in [0.3, 0.4) is 0 Å². The van der Waals surface area contributed by atoms with Gasteiger partial charge < -0.3 is 20.3 Å². The maximum Gasteiger partial charge on any atom is 0.191 e. The molecule has 1 atom stereocenters. The van der Waals surface area contributed by atoms with Gasteiger partial charge in [-0.15, -0.1) is 24.0 Å². The van der Waals surface area contributed by atoms with E-state index in [9.17, 15) is 5.11 Å². The number of hydrogen-bond acceptors (Lipinski definition) is 3. The largest absolute Gasteiger partial charge is 0.386 e. The highest BCUT2D eigenvalue weighted by atomic mass is 127. The SMILES string of the molecule is CN=C(NCc1ccn(C)c1)NCC(O)c1cnn(C)c1.I. The smallest absolute Gasteiger partial charge is 0.191 e. The number of rotatable bonds is 5. The molecule has 1 unspecified atom stereocenters. The number of hydrogen-bond donors (Lipinski definition) is 3. The highest BCUT2D eigenvalue weighted by Gasteiger charge is 2.10. The van der Waals surface area contributed by atoms with Crippen molar-refractivity contribution in [1.29, 1.82) is 0 Å². The molecule has 122 valence electrons. The van der Waals surface area contributed by atoms with Gasteiger partial charge in [0.1, 0.15) is 0 Å². The number of aliphatic imine (C=N–C) groups is 1. The van der Waals surface area contributed by atoms with Gasteiger partial charge in [-0.1, -0.05) is 0 Å². The summed E-state index contributed by atoms with van der Waals surface area (Å²) < 4.78 is 3.67. The number of aliphatic hydroxyl groups is 1. The fraction of sp³-hybridized carbons (Fsp3) is 0.429. The van der Waals surface area contributed by atoms with Crippen LogP contribution in [0.2, 0.25) is 0 Å². The molecule has 3 N–H and O–H groups in total. The predicted molar refractivity (Wildman–Crippen MR) is 97.2 cm³/mol. The molecule has 0 bridgehead atoms. The Kier molecular flexibility index (Phi) is 7.39. The van der Waals surface area contributed by atoms with E-state index in [4.69, 9.17) is 0 Å². The number of aryl methyl sites for hydroxylation is 2. The average Bonchev–Trinajstić information content (AvgIpc) is 3.07. The predicted octanol–water partition coefficient (Wildman–Crippen LogP) is 0.775. The van der Waals surface area contributed by atoms with Gasteiger partial charge >= 0.3 is 0 Å². The fourth-order valence-corrected chi connectivity index (χ4v) is 2.00. The molecule has 0 aliphatic rings. The minimum Gasteiger partial charge on any atom is -0.386 e. The molecule has 2 aromatic rings. The summed E-state index contributed by atoms with van der Waals surface area (Å²) in [6.07, 6.45) is 6.89. The molecule has 22 heavy (non-hydrogen) atoms. The number of guanidine groups is 1. The zero-order valence-corrected chi connectivity index (χ0v) is 15.4. The summed E-state index contributed by atoms with van der Waals surface area (Å²) in [6.45, 7) is 1.06. The van der Waals surface area contributed by atoms with E-state index >= 15 is 0 Å². The molecule has 2 aromatic heterocycles. The van der Waals surface area contributed by atoms with Crippen LogP contribution in [0.15, 0.2) is 35.8 Å². The Morgan fingerprint density at radius 3 is 2.68 bits per heavy atom. The van der Waals surface area contributed by atoms with Crippen molar-refractivity contribution < 1.29 is 5.11 Å². The van der Waals surface area contributed by atoms with E-state index in [0.29, 0.717) is 19.0 Å². The second-order valence-electron chi connectivity index (χ2n) is 4.96. The standard InChI is InChI=1S/C14H22N6O.HI/c1-15-14(16-6-11-4-5-19(2)9-11)17-8-13(21)12-7-18-20(3)10-12;/h4-5,7,9-10,13,21H,6,8H2,1-3H3,(H2,15,16,17);1H. The van der Waals surface area contributed by atoms with Gasteiger partial charge in [0.05, 0.1) is 12.3 Å². The second kappa shape index (κ2) is 8.79. The maximum atomic E-state index is 10.1. The van der Waals surface area contributed by atoms with Gasteiger partial charge in [-0.2, -0.15) is 5.10 Å². The Balaban J connectivity index is 0.00000242. The van der Waals surface area contributed by atoms with Crippen molar-refractivity contribution in [3.8, 4) is 0 Å². The highest BCUT2D eigenvalue weighted by Crippen LogP contribution is 2.09. The van der Waals surface area contributed by atoms with Gasteiger partial charge in [-0.05, 0) is 11.6 Å². The third kappa shape index (κ3) is 5.34. The zero-order chi connectivity index (χ0) is 15.2. The maximum absolute atomic E-state index is 10.1. The summed E-state index contributed by atoms with van der Waals surface area (Å²) in [5.41, 5.74) is 1.96. The molecular weight excluding hydrogens is 395 g/mol. The lowest BCUT2D eigenvalue weighted by Crippen LogP contribution is -2.38. The van der Waals surface area contributed by atoms with E-state index in [1.807, 2.05) is 37.1 Å². The molecule has 0 spiro atoms. The molecule has 0 amide bonds. The lowest BCUT2D eigenvalue weighted by Gasteiger charge is -2.14. The van der Waals surface area contributed by atoms with E-state index in [-0.39, 0.29) is 24.0 Å². The molecule has 7 nitrogen and oxygen atoms in total. The van der Waals surface area contributed by atoms with Crippen LogP contribution in [0.4, 0.5) is 0 Å². The van der Waals surface area contributed by atoms with E-state index in [1.54, 1.807) is 24.1 Å². The second-order valence-corrected chi connectivity index (χ2v) is 4.96. The Bertz CT molecular complexity index is 606. The van der Waals surface area contributed by atoms with Crippen LogP contribution in [0, 0.1) is 0 Å². The number of nitrogens with one attached hydrogen (secondary N) is 2. The van der Waals surface area contributed by atoms with Gasteiger partial charge in [0, 0.05) is 58.4 Å². The van der Waals surface area contributed by atoms with Crippen LogP contribution >= 0.6 is 24.0 Å². The number of halogens is 1. The highest BCUT2D eigenvalue weighted by molar-refractivity contribution is 14.0. The van der Waals surface area contributed by atoms with Crippen LogP contribution < -0.4 is 10.6 Å². The van der Waals surface area contributed by atoms with Gasteiger partial charge in [-0.25, -0.2) is 0 Å². The van der Waals surface area contributed by atoms with E-state index in [2.05, 4.69) is 20.7 Å². The monoisotopic (exact) mass is 418 g/mol. The molecule has 0 aliphatic heterocycles. The molecule has 2 rings (SSSR count). The fourth-order valence-electron chi connectivity index (χ4n) is 2.00. The van der Waals surface area contributed by atoms with E-state index in [0.717, 1.165) is 5.56 Å². The molecular formula is C14H23IN6O. The van der Waals surface area contributed by atoms with Crippen molar-refractivity contribution in [2.75, 3.05) is 13.6 Å². The Hall–Kier alpha value is -1.55. The summed E-state index contributed by atoms with van der Waals surface area (Å²) in [7, 11) is 5.52. The van der Waals surface area contributed by atoms with Crippen molar-refractivity contribution in [1.82, 2.24) is 25.0 Å². The molecule has 0 saturated heterocycles.